The molecule has 0 nitrogen and oxygen atoms in total. The molecule has 1 fully saturated rings. The Morgan fingerprint density at radius 1 is 1.30 bits per heavy atom. The molecule has 0 radical (unpaired) electrons. The lowest BCUT2D eigenvalue weighted by Crippen LogP contribution is -1.76. The molecule has 1 aliphatic carbocycles. The van der Waals surface area contributed by atoms with Gasteiger partial charge in [0.25, 0.3) is 0 Å². The molecule has 0 saturated heterocycles. The second-order valence-corrected chi connectivity index (χ2v) is 3.39. The zero-order valence-corrected chi connectivity index (χ0v) is 6.64. The minimum Gasteiger partial charge on any atom is -0.143 e. The molecule has 1 aromatic carbocycles. The van der Waals surface area contributed by atoms with Gasteiger partial charge in [0.15, 0.2) is 0 Å². The number of hydrogen-bond donors (Lipinski definition) is 1. The van der Waals surface area contributed by atoms with Crippen LogP contribution < -0.4 is 0 Å². The Labute approximate surface area is 66.7 Å². The molecule has 2 rings (SSSR count). The highest BCUT2D eigenvalue weighted by atomic mass is 32.1. The Kier molecular flexibility index (Phi) is 1.46. The highest BCUT2D eigenvalue weighted by molar-refractivity contribution is 7.80. The fourth-order valence-corrected chi connectivity index (χ4v) is 1.43. The molecule has 1 aliphatic rings. The molecule has 0 amide bonds. The van der Waals surface area contributed by atoms with Crippen molar-refractivity contribution in [2.45, 2.75) is 23.7 Å². The lowest BCUT2D eigenvalue weighted by atomic mass is 10.1. The molecule has 0 N–H and O–H groups in total. The van der Waals surface area contributed by atoms with Gasteiger partial charge in [-0.25, -0.2) is 0 Å². The van der Waals surface area contributed by atoms with E-state index in [-0.39, 0.29) is 0 Å². The molecule has 0 heterocycles. The van der Waals surface area contributed by atoms with Gasteiger partial charge < -0.3 is 0 Å². The maximum Gasteiger partial charge on any atom is 0.00428 e. The first-order chi connectivity index (χ1) is 4.86. The summed E-state index contributed by atoms with van der Waals surface area (Å²) in [5.41, 5.74) is 1.47. The maximum absolute atomic E-state index is 4.28. The van der Waals surface area contributed by atoms with Crippen LogP contribution in [0.15, 0.2) is 29.2 Å². The summed E-state index contributed by atoms with van der Waals surface area (Å²) in [6.45, 7) is 0. The molecule has 0 bridgehead atoms. The predicted molar refractivity (Wildman–Crippen MR) is 45.7 cm³/mol. The zero-order valence-electron chi connectivity index (χ0n) is 5.75. The van der Waals surface area contributed by atoms with E-state index in [1.54, 1.807) is 0 Å². The maximum atomic E-state index is 4.28. The van der Waals surface area contributed by atoms with Crippen LogP contribution in [0.3, 0.4) is 0 Å². The van der Waals surface area contributed by atoms with Gasteiger partial charge in [-0.3, -0.25) is 0 Å². The normalized spacial score (nSPS) is 17.3. The van der Waals surface area contributed by atoms with Gasteiger partial charge in [0.1, 0.15) is 0 Å². The van der Waals surface area contributed by atoms with Crippen molar-refractivity contribution in [3.63, 3.8) is 0 Å². The van der Waals surface area contributed by atoms with E-state index >= 15 is 0 Å². The first kappa shape index (κ1) is 6.29. The van der Waals surface area contributed by atoms with Gasteiger partial charge in [-0.2, -0.15) is 0 Å². The van der Waals surface area contributed by atoms with Crippen molar-refractivity contribution in [2.75, 3.05) is 0 Å². The minimum atomic E-state index is 0.854. The summed E-state index contributed by atoms with van der Waals surface area (Å²) < 4.78 is 0. The lowest BCUT2D eigenvalue weighted by molar-refractivity contribution is 1.11. The molecule has 52 valence electrons. The highest BCUT2D eigenvalue weighted by Crippen LogP contribution is 2.40. The Morgan fingerprint density at radius 3 is 2.70 bits per heavy atom. The minimum absolute atomic E-state index is 0.854. The third kappa shape index (κ3) is 1.19. The quantitative estimate of drug-likeness (QED) is 0.585. The van der Waals surface area contributed by atoms with E-state index in [0.29, 0.717) is 0 Å². The van der Waals surface area contributed by atoms with Gasteiger partial charge in [0.05, 0.1) is 0 Å². The summed E-state index contributed by atoms with van der Waals surface area (Å²) in [4.78, 5) is 1.09. The summed E-state index contributed by atoms with van der Waals surface area (Å²) in [6, 6.07) is 8.46. The molecule has 0 aromatic heterocycles. The molecule has 0 spiro atoms. The Hall–Kier alpha value is -0.430. The fraction of sp³-hybridized carbons (Fsp3) is 0.333. The average molecular weight is 150 g/mol. The molecule has 1 heteroatoms. The topological polar surface area (TPSA) is 0 Å². The number of rotatable bonds is 1. The van der Waals surface area contributed by atoms with Crippen molar-refractivity contribution in [1.29, 1.82) is 0 Å². The van der Waals surface area contributed by atoms with E-state index in [9.17, 15) is 0 Å². The Balaban J connectivity index is 2.32. The summed E-state index contributed by atoms with van der Waals surface area (Å²) in [6.07, 6.45) is 2.74. The highest BCUT2D eigenvalue weighted by Gasteiger charge is 2.22. The van der Waals surface area contributed by atoms with E-state index in [2.05, 4.69) is 30.8 Å². The van der Waals surface area contributed by atoms with Gasteiger partial charge in [-0.05, 0) is 36.5 Å². The summed E-state index contributed by atoms with van der Waals surface area (Å²) in [7, 11) is 0. The third-order valence-electron chi connectivity index (χ3n) is 1.92. The van der Waals surface area contributed by atoms with Crippen LogP contribution >= 0.6 is 12.6 Å². The van der Waals surface area contributed by atoms with Gasteiger partial charge in [-0.1, -0.05) is 12.1 Å². The van der Waals surface area contributed by atoms with Gasteiger partial charge in [-0.15, -0.1) is 12.6 Å². The predicted octanol–water partition coefficient (Wildman–Crippen LogP) is 2.85. The van der Waals surface area contributed by atoms with E-state index in [1.807, 2.05) is 6.07 Å². The molecular formula is C9H10S. The van der Waals surface area contributed by atoms with E-state index in [1.165, 1.54) is 18.4 Å². The molecule has 1 saturated carbocycles. The first-order valence-electron chi connectivity index (χ1n) is 3.65. The summed E-state index contributed by atoms with van der Waals surface area (Å²) in [5, 5.41) is 0. The Morgan fingerprint density at radius 2 is 2.10 bits per heavy atom. The van der Waals surface area contributed by atoms with Crippen molar-refractivity contribution in [3.05, 3.63) is 29.8 Å². The SMILES string of the molecule is Sc1cccc(C2CC2)c1. The van der Waals surface area contributed by atoms with Crippen LogP contribution in [0.25, 0.3) is 0 Å². The summed E-state index contributed by atoms with van der Waals surface area (Å²) in [5.74, 6) is 0.854. The lowest BCUT2D eigenvalue weighted by Gasteiger charge is -1.96. The third-order valence-corrected chi connectivity index (χ3v) is 2.20. The smallest absolute Gasteiger partial charge is 0.00428 e. The fourth-order valence-electron chi connectivity index (χ4n) is 1.20. The molecule has 0 atom stereocenters. The van der Waals surface area contributed by atoms with Crippen molar-refractivity contribution < 1.29 is 0 Å². The van der Waals surface area contributed by atoms with Crippen molar-refractivity contribution >= 4 is 12.6 Å². The van der Waals surface area contributed by atoms with E-state index in [4.69, 9.17) is 0 Å². The van der Waals surface area contributed by atoms with Crippen molar-refractivity contribution in [2.24, 2.45) is 0 Å². The average Bonchev–Trinajstić information content (AvgIpc) is 2.68. The number of thiol groups is 1. The van der Waals surface area contributed by atoms with Gasteiger partial charge in [0, 0.05) is 4.90 Å². The molecule has 0 aliphatic heterocycles. The molecule has 1 aromatic rings. The second-order valence-electron chi connectivity index (χ2n) is 2.87. The monoisotopic (exact) mass is 150 g/mol. The first-order valence-corrected chi connectivity index (χ1v) is 4.10. The largest absolute Gasteiger partial charge is 0.143 e. The van der Waals surface area contributed by atoms with E-state index in [0.717, 1.165) is 10.8 Å². The standard InChI is InChI=1S/C9H10S/c10-9-3-1-2-8(6-9)7-4-5-7/h1-3,6-7,10H,4-5H2. The van der Waals surface area contributed by atoms with Crippen molar-refractivity contribution in [1.82, 2.24) is 0 Å². The van der Waals surface area contributed by atoms with E-state index < -0.39 is 0 Å². The van der Waals surface area contributed by atoms with Crippen LogP contribution in [0.2, 0.25) is 0 Å². The number of benzene rings is 1. The molecular weight excluding hydrogens is 140 g/mol. The van der Waals surface area contributed by atoms with Crippen molar-refractivity contribution in [3.8, 4) is 0 Å². The van der Waals surface area contributed by atoms with Crippen LogP contribution in [-0.4, -0.2) is 0 Å². The second kappa shape index (κ2) is 2.31. The van der Waals surface area contributed by atoms with Crippen LogP contribution in [-0.2, 0) is 0 Å². The van der Waals surface area contributed by atoms with Crippen LogP contribution in [0.5, 0.6) is 0 Å². The Bertz CT molecular complexity index is 238. The number of hydrogen-bond acceptors (Lipinski definition) is 1. The summed E-state index contributed by atoms with van der Waals surface area (Å²) >= 11 is 4.28. The van der Waals surface area contributed by atoms with Crippen LogP contribution in [0.4, 0.5) is 0 Å². The zero-order chi connectivity index (χ0) is 6.97. The van der Waals surface area contributed by atoms with Gasteiger partial charge >= 0.3 is 0 Å². The molecule has 0 unspecified atom stereocenters. The van der Waals surface area contributed by atoms with Crippen LogP contribution in [0.1, 0.15) is 24.3 Å². The van der Waals surface area contributed by atoms with Crippen LogP contribution in [0, 0.1) is 0 Å². The van der Waals surface area contributed by atoms with Gasteiger partial charge in [0.2, 0.25) is 0 Å². The molecule has 10 heavy (non-hydrogen) atoms.